The van der Waals surface area contributed by atoms with Gasteiger partial charge in [-0.2, -0.15) is 0 Å². The van der Waals surface area contributed by atoms with E-state index >= 15 is 0 Å². The standard InChI is InChI=1S/C9H7BrN2O2/c1-14-7-3-2-6-8(12-7)9(13)5(10)4-11-6/h2-4H,1H3,(H,11,13). The molecule has 5 heteroatoms. The van der Waals surface area contributed by atoms with Crippen LogP contribution in [0.1, 0.15) is 0 Å². The Kier molecular flexibility index (Phi) is 2.25. The second-order valence-electron chi connectivity index (χ2n) is 2.68. The van der Waals surface area contributed by atoms with E-state index in [0.29, 0.717) is 21.4 Å². The minimum Gasteiger partial charge on any atom is -0.504 e. The van der Waals surface area contributed by atoms with Crippen LogP contribution in [0.15, 0.2) is 22.8 Å². The molecule has 0 bridgehead atoms. The van der Waals surface area contributed by atoms with Gasteiger partial charge in [0.1, 0.15) is 5.52 Å². The number of hydrogen-bond acceptors (Lipinski definition) is 4. The van der Waals surface area contributed by atoms with Crippen LogP contribution in [0.5, 0.6) is 11.6 Å². The van der Waals surface area contributed by atoms with Crippen LogP contribution in [0.25, 0.3) is 11.0 Å². The zero-order chi connectivity index (χ0) is 10.1. The van der Waals surface area contributed by atoms with E-state index < -0.39 is 0 Å². The summed E-state index contributed by atoms with van der Waals surface area (Å²) in [6.45, 7) is 0. The summed E-state index contributed by atoms with van der Waals surface area (Å²) in [6, 6.07) is 3.44. The highest BCUT2D eigenvalue weighted by atomic mass is 79.9. The van der Waals surface area contributed by atoms with Gasteiger partial charge in [0.2, 0.25) is 5.88 Å². The van der Waals surface area contributed by atoms with Gasteiger partial charge in [0.05, 0.1) is 17.1 Å². The van der Waals surface area contributed by atoms with Gasteiger partial charge >= 0.3 is 0 Å². The second-order valence-corrected chi connectivity index (χ2v) is 3.53. The van der Waals surface area contributed by atoms with Gasteiger partial charge in [-0.1, -0.05) is 0 Å². The van der Waals surface area contributed by atoms with E-state index in [2.05, 4.69) is 25.9 Å². The van der Waals surface area contributed by atoms with Crippen LogP contribution in [0.4, 0.5) is 0 Å². The minimum absolute atomic E-state index is 0.0777. The summed E-state index contributed by atoms with van der Waals surface area (Å²) in [7, 11) is 1.52. The molecule has 14 heavy (non-hydrogen) atoms. The Bertz CT molecular complexity index is 487. The number of hydrogen-bond donors (Lipinski definition) is 1. The van der Waals surface area contributed by atoms with Crippen molar-refractivity contribution in [2.45, 2.75) is 0 Å². The Labute approximate surface area is 88.7 Å². The molecule has 4 nitrogen and oxygen atoms in total. The highest BCUT2D eigenvalue weighted by Gasteiger charge is 2.07. The predicted molar refractivity (Wildman–Crippen MR) is 55.5 cm³/mol. The number of halogens is 1. The normalized spacial score (nSPS) is 10.4. The molecule has 2 rings (SSSR count). The van der Waals surface area contributed by atoms with Crippen molar-refractivity contribution in [3.63, 3.8) is 0 Å². The van der Waals surface area contributed by atoms with Crippen LogP contribution < -0.4 is 4.74 Å². The molecule has 0 aliphatic carbocycles. The first-order valence-corrected chi connectivity index (χ1v) is 4.70. The van der Waals surface area contributed by atoms with Crippen molar-refractivity contribution in [2.24, 2.45) is 0 Å². The first-order chi connectivity index (χ1) is 6.72. The maximum Gasteiger partial charge on any atom is 0.213 e. The van der Waals surface area contributed by atoms with Crippen LogP contribution in [0, 0.1) is 0 Å². The molecule has 0 saturated heterocycles. The Hall–Kier alpha value is -1.36. The van der Waals surface area contributed by atoms with Crippen molar-refractivity contribution in [1.29, 1.82) is 0 Å². The van der Waals surface area contributed by atoms with Gasteiger partial charge in [-0.15, -0.1) is 0 Å². The second kappa shape index (κ2) is 3.42. The van der Waals surface area contributed by atoms with Gasteiger partial charge in [-0.3, -0.25) is 4.98 Å². The number of fused-ring (bicyclic) bond motifs is 1. The Morgan fingerprint density at radius 1 is 1.43 bits per heavy atom. The summed E-state index contributed by atoms with van der Waals surface area (Å²) in [4.78, 5) is 8.18. The average Bonchev–Trinajstić information content (AvgIpc) is 2.23. The van der Waals surface area contributed by atoms with Crippen molar-refractivity contribution in [3.8, 4) is 11.6 Å². The Balaban J connectivity index is 2.78. The largest absolute Gasteiger partial charge is 0.504 e. The molecule has 2 aromatic rings. The summed E-state index contributed by atoms with van der Waals surface area (Å²) in [6.07, 6.45) is 1.53. The first kappa shape index (κ1) is 9.21. The smallest absolute Gasteiger partial charge is 0.213 e. The number of rotatable bonds is 1. The zero-order valence-corrected chi connectivity index (χ0v) is 8.95. The van der Waals surface area contributed by atoms with Crippen molar-refractivity contribution in [1.82, 2.24) is 9.97 Å². The molecular weight excluding hydrogens is 248 g/mol. The molecule has 0 fully saturated rings. The third-order valence-electron chi connectivity index (χ3n) is 1.83. The fourth-order valence-electron chi connectivity index (χ4n) is 1.13. The highest BCUT2D eigenvalue weighted by molar-refractivity contribution is 9.10. The lowest BCUT2D eigenvalue weighted by Crippen LogP contribution is -1.89. The van der Waals surface area contributed by atoms with Crippen LogP contribution >= 0.6 is 15.9 Å². The lowest BCUT2D eigenvalue weighted by Gasteiger charge is -2.03. The molecule has 0 aliphatic rings. The van der Waals surface area contributed by atoms with Gasteiger partial charge in [-0.25, -0.2) is 4.98 Å². The van der Waals surface area contributed by atoms with E-state index in [1.165, 1.54) is 13.3 Å². The molecule has 0 amide bonds. The maximum atomic E-state index is 9.67. The number of nitrogens with zero attached hydrogens (tertiary/aromatic N) is 2. The third-order valence-corrected chi connectivity index (χ3v) is 2.41. The molecule has 2 aromatic heterocycles. The summed E-state index contributed by atoms with van der Waals surface area (Å²) in [5.74, 6) is 0.529. The number of methoxy groups -OCH3 is 1. The highest BCUT2D eigenvalue weighted by Crippen LogP contribution is 2.30. The van der Waals surface area contributed by atoms with E-state index in [0.717, 1.165) is 0 Å². The van der Waals surface area contributed by atoms with Crippen LogP contribution in [-0.4, -0.2) is 22.2 Å². The molecule has 72 valence electrons. The van der Waals surface area contributed by atoms with Gasteiger partial charge in [0, 0.05) is 12.3 Å². The SMILES string of the molecule is COc1ccc2ncc(Br)c(O)c2n1. The average molecular weight is 255 g/mol. The van der Waals surface area contributed by atoms with Crippen LogP contribution in [0.3, 0.4) is 0 Å². The fourth-order valence-corrected chi connectivity index (χ4v) is 1.42. The number of aromatic hydroxyl groups is 1. The van der Waals surface area contributed by atoms with E-state index in [-0.39, 0.29) is 5.75 Å². The lowest BCUT2D eigenvalue weighted by atomic mass is 10.3. The number of pyridine rings is 2. The van der Waals surface area contributed by atoms with Gasteiger partial charge in [0.25, 0.3) is 0 Å². The van der Waals surface area contributed by atoms with Gasteiger partial charge in [-0.05, 0) is 22.0 Å². The van der Waals surface area contributed by atoms with Crippen molar-refractivity contribution in [3.05, 3.63) is 22.8 Å². The first-order valence-electron chi connectivity index (χ1n) is 3.90. The van der Waals surface area contributed by atoms with Crippen molar-refractivity contribution < 1.29 is 9.84 Å². The summed E-state index contributed by atoms with van der Waals surface area (Å²) >= 11 is 3.17. The molecule has 0 aromatic carbocycles. The monoisotopic (exact) mass is 254 g/mol. The molecule has 0 spiro atoms. The number of aromatic nitrogens is 2. The van der Waals surface area contributed by atoms with Crippen LogP contribution in [0.2, 0.25) is 0 Å². The van der Waals surface area contributed by atoms with Gasteiger partial charge < -0.3 is 9.84 Å². The zero-order valence-electron chi connectivity index (χ0n) is 7.36. The third kappa shape index (κ3) is 1.39. The Morgan fingerprint density at radius 3 is 2.93 bits per heavy atom. The summed E-state index contributed by atoms with van der Waals surface area (Å²) in [5.41, 5.74) is 1.06. The van der Waals surface area contributed by atoms with E-state index in [9.17, 15) is 5.11 Å². The summed E-state index contributed by atoms with van der Waals surface area (Å²) in [5, 5.41) is 9.67. The molecule has 0 unspecified atom stereocenters. The molecule has 0 radical (unpaired) electrons. The topological polar surface area (TPSA) is 55.2 Å². The van der Waals surface area contributed by atoms with Crippen molar-refractivity contribution >= 4 is 27.0 Å². The molecule has 0 atom stereocenters. The summed E-state index contributed by atoms with van der Waals surface area (Å²) < 4.78 is 5.47. The van der Waals surface area contributed by atoms with E-state index in [1.54, 1.807) is 12.1 Å². The molecule has 0 saturated carbocycles. The quantitative estimate of drug-likeness (QED) is 0.847. The fraction of sp³-hybridized carbons (Fsp3) is 0.111. The Morgan fingerprint density at radius 2 is 2.21 bits per heavy atom. The predicted octanol–water partition coefficient (Wildman–Crippen LogP) is 2.11. The molecular formula is C9H7BrN2O2. The molecule has 1 N–H and O–H groups in total. The maximum absolute atomic E-state index is 9.67. The number of ether oxygens (including phenoxy) is 1. The van der Waals surface area contributed by atoms with Crippen LogP contribution in [-0.2, 0) is 0 Å². The van der Waals surface area contributed by atoms with Gasteiger partial charge in [0.15, 0.2) is 5.75 Å². The molecule has 2 heterocycles. The molecule has 0 aliphatic heterocycles. The van der Waals surface area contributed by atoms with Crippen molar-refractivity contribution in [2.75, 3.05) is 7.11 Å². The van der Waals surface area contributed by atoms with E-state index in [1.807, 2.05) is 0 Å². The minimum atomic E-state index is 0.0777. The lowest BCUT2D eigenvalue weighted by molar-refractivity contribution is 0.398. The van der Waals surface area contributed by atoms with E-state index in [4.69, 9.17) is 4.74 Å².